The molecular formula is C6H12O2S. The van der Waals surface area contributed by atoms with Crippen LogP contribution in [0.3, 0.4) is 0 Å². The van der Waals surface area contributed by atoms with Gasteiger partial charge in [-0.05, 0) is 12.8 Å². The molecule has 3 heteroatoms. The first kappa shape index (κ1) is 7.22. The molecule has 0 saturated carbocycles. The third kappa shape index (κ3) is 1.76. The van der Waals surface area contributed by atoms with E-state index in [0.29, 0.717) is 11.9 Å². The van der Waals surface area contributed by atoms with Gasteiger partial charge >= 0.3 is 0 Å². The minimum absolute atomic E-state index is 0.329. The van der Waals surface area contributed by atoms with Gasteiger partial charge in [0, 0.05) is 0 Å². The Labute approximate surface area is 58.3 Å². The van der Waals surface area contributed by atoms with Crippen molar-refractivity contribution in [1.82, 2.24) is 0 Å². The van der Waals surface area contributed by atoms with Crippen molar-refractivity contribution < 1.29 is 8.39 Å². The van der Waals surface area contributed by atoms with Gasteiger partial charge in [-0.2, -0.15) is 0 Å². The van der Waals surface area contributed by atoms with Gasteiger partial charge in [0.2, 0.25) is 0 Å². The molecule has 54 valence electrons. The van der Waals surface area contributed by atoms with Crippen LogP contribution in [-0.4, -0.2) is 16.1 Å². The van der Waals surface area contributed by atoms with Gasteiger partial charge in [-0.3, -0.25) is 4.18 Å². The van der Waals surface area contributed by atoms with E-state index < -0.39 is 11.1 Å². The normalized spacial score (nSPS) is 35.2. The lowest BCUT2D eigenvalue weighted by atomic mass is 10.2. The van der Waals surface area contributed by atoms with E-state index in [1.807, 2.05) is 0 Å². The highest BCUT2D eigenvalue weighted by molar-refractivity contribution is 7.81. The third-order valence-corrected chi connectivity index (χ3v) is 2.94. The van der Waals surface area contributed by atoms with Crippen molar-refractivity contribution in [2.45, 2.75) is 31.4 Å². The molecular weight excluding hydrogens is 136 g/mol. The Kier molecular flexibility index (Phi) is 2.66. The highest BCUT2D eigenvalue weighted by Gasteiger charge is 2.22. The fourth-order valence-corrected chi connectivity index (χ4v) is 2.19. The Balaban J connectivity index is 2.31. The van der Waals surface area contributed by atoms with Crippen LogP contribution < -0.4 is 0 Å². The third-order valence-electron chi connectivity index (χ3n) is 1.52. The van der Waals surface area contributed by atoms with Crippen LogP contribution >= 0.6 is 0 Å². The average Bonchev–Trinajstić information content (AvgIpc) is 2.18. The lowest BCUT2D eigenvalue weighted by Crippen LogP contribution is -2.06. The molecule has 1 aliphatic rings. The van der Waals surface area contributed by atoms with Gasteiger partial charge in [0.15, 0.2) is 11.1 Å². The summed E-state index contributed by atoms with van der Waals surface area (Å²) < 4.78 is 15.7. The summed E-state index contributed by atoms with van der Waals surface area (Å²) in [5, 5.41) is 0.329. The molecule has 1 aliphatic heterocycles. The Hall–Kier alpha value is 0.110. The van der Waals surface area contributed by atoms with Gasteiger partial charge < -0.3 is 0 Å². The summed E-state index contributed by atoms with van der Waals surface area (Å²) in [4.78, 5) is 0. The van der Waals surface area contributed by atoms with Crippen LogP contribution in [-0.2, 0) is 15.3 Å². The van der Waals surface area contributed by atoms with Gasteiger partial charge in [0.25, 0.3) is 0 Å². The van der Waals surface area contributed by atoms with Crippen molar-refractivity contribution in [3.63, 3.8) is 0 Å². The summed E-state index contributed by atoms with van der Waals surface area (Å²) in [5.41, 5.74) is 0. The molecule has 0 aromatic heterocycles. The molecule has 0 bridgehead atoms. The molecule has 0 aromatic carbocycles. The lowest BCUT2D eigenvalue weighted by Gasteiger charge is -2.00. The molecule has 0 aliphatic carbocycles. The minimum atomic E-state index is -0.961. The van der Waals surface area contributed by atoms with Crippen molar-refractivity contribution in [3.05, 3.63) is 0 Å². The van der Waals surface area contributed by atoms with Gasteiger partial charge in [0.05, 0.1) is 11.9 Å². The van der Waals surface area contributed by atoms with E-state index in [1.165, 1.54) is 0 Å². The van der Waals surface area contributed by atoms with Crippen molar-refractivity contribution in [3.8, 4) is 0 Å². The van der Waals surface area contributed by atoms with Crippen molar-refractivity contribution >= 4 is 11.1 Å². The monoisotopic (exact) mass is 148 g/mol. The smallest absolute Gasteiger partial charge is 0.158 e. The van der Waals surface area contributed by atoms with E-state index in [1.54, 1.807) is 0 Å². The molecule has 2 atom stereocenters. The predicted molar refractivity (Wildman–Crippen MR) is 37.4 cm³/mol. The molecule has 0 N–H and O–H groups in total. The van der Waals surface area contributed by atoms with Crippen LogP contribution in [0.25, 0.3) is 0 Å². The van der Waals surface area contributed by atoms with Crippen LogP contribution in [0.2, 0.25) is 0 Å². The first-order valence-electron chi connectivity index (χ1n) is 3.38. The van der Waals surface area contributed by atoms with E-state index in [-0.39, 0.29) is 0 Å². The fourth-order valence-electron chi connectivity index (χ4n) is 1.02. The molecule has 1 fully saturated rings. The molecule has 0 radical (unpaired) electrons. The molecule has 0 amide bonds. The molecule has 1 saturated heterocycles. The predicted octanol–water partition coefficient (Wildman–Crippen LogP) is 1.24. The van der Waals surface area contributed by atoms with Crippen LogP contribution in [0.15, 0.2) is 0 Å². The second-order valence-electron chi connectivity index (χ2n) is 2.28. The standard InChI is InChI=1S/C6H12O2S/c1-2-3-6-4-5-8-9(6)7/h6H,2-5H2,1H3/t6-,9?/m0/s1. The maximum Gasteiger partial charge on any atom is 0.158 e. The van der Waals surface area contributed by atoms with Crippen LogP contribution in [0, 0.1) is 0 Å². The van der Waals surface area contributed by atoms with E-state index in [9.17, 15) is 4.21 Å². The van der Waals surface area contributed by atoms with E-state index in [0.717, 1.165) is 19.3 Å². The van der Waals surface area contributed by atoms with Gasteiger partial charge in [0.1, 0.15) is 0 Å². The molecule has 2 nitrogen and oxygen atoms in total. The Morgan fingerprint density at radius 2 is 2.56 bits per heavy atom. The second-order valence-corrected chi connectivity index (χ2v) is 3.71. The molecule has 1 heterocycles. The Morgan fingerprint density at radius 3 is 3.00 bits per heavy atom. The number of hydrogen-bond acceptors (Lipinski definition) is 2. The Morgan fingerprint density at radius 1 is 1.78 bits per heavy atom. The highest BCUT2D eigenvalue weighted by Crippen LogP contribution is 2.17. The molecule has 1 unspecified atom stereocenters. The summed E-state index contributed by atoms with van der Waals surface area (Å²) >= 11 is -0.961. The van der Waals surface area contributed by atoms with Gasteiger partial charge in [-0.15, -0.1) is 0 Å². The molecule has 9 heavy (non-hydrogen) atoms. The van der Waals surface area contributed by atoms with Gasteiger partial charge in [-0.25, -0.2) is 4.21 Å². The summed E-state index contributed by atoms with van der Waals surface area (Å²) in [6.45, 7) is 2.80. The first-order chi connectivity index (χ1) is 4.34. The lowest BCUT2D eigenvalue weighted by molar-refractivity contribution is 0.380. The van der Waals surface area contributed by atoms with Crippen LogP contribution in [0.5, 0.6) is 0 Å². The Bertz CT molecular complexity index is 114. The summed E-state index contributed by atoms with van der Waals surface area (Å²) in [6, 6.07) is 0. The maximum absolute atomic E-state index is 10.9. The second kappa shape index (κ2) is 3.32. The quantitative estimate of drug-likeness (QED) is 0.589. The SMILES string of the molecule is CCC[C@H]1CCOS1=O. The molecule has 1 rings (SSSR count). The van der Waals surface area contributed by atoms with E-state index in [2.05, 4.69) is 6.92 Å². The molecule has 0 aromatic rings. The van der Waals surface area contributed by atoms with Crippen LogP contribution in [0.4, 0.5) is 0 Å². The number of hydrogen-bond donors (Lipinski definition) is 0. The average molecular weight is 148 g/mol. The summed E-state index contributed by atoms with van der Waals surface area (Å²) in [5.74, 6) is 0. The van der Waals surface area contributed by atoms with Crippen LogP contribution in [0.1, 0.15) is 26.2 Å². The zero-order valence-electron chi connectivity index (χ0n) is 5.63. The van der Waals surface area contributed by atoms with E-state index in [4.69, 9.17) is 4.18 Å². The van der Waals surface area contributed by atoms with Crippen molar-refractivity contribution in [1.29, 1.82) is 0 Å². The zero-order chi connectivity index (χ0) is 6.69. The zero-order valence-corrected chi connectivity index (χ0v) is 6.45. The first-order valence-corrected chi connectivity index (χ1v) is 4.52. The van der Waals surface area contributed by atoms with Gasteiger partial charge in [-0.1, -0.05) is 13.3 Å². The van der Waals surface area contributed by atoms with E-state index >= 15 is 0 Å². The largest absolute Gasteiger partial charge is 0.290 e. The van der Waals surface area contributed by atoms with Crippen molar-refractivity contribution in [2.75, 3.05) is 6.61 Å². The summed E-state index contributed by atoms with van der Waals surface area (Å²) in [7, 11) is 0. The molecule has 0 spiro atoms. The number of rotatable bonds is 2. The topological polar surface area (TPSA) is 26.3 Å². The van der Waals surface area contributed by atoms with Crippen molar-refractivity contribution in [2.24, 2.45) is 0 Å². The fraction of sp³-hybridized carbons (Fsp3) is 1.00. The maximum atomic E-state index is 10.9. The summed E-state index contributed by atoms with van der Waals surface area (Å²) in [6.07, 6.45) is 3.15. The minimum Gasteiger partial charge on any atom is -0.290 e. The highest BCUT2D eigenvalue weighted by atomic mass is 32.2.